The van der Waals surface area contributed by atoms with Crippen LogP contribution in [0.4, 0.5) is 0 Å². The lowest BCUT2D eigenvalue weighted by molar-refractivity contribution is 0.0527. The maximum atomic E-state index is 9.53. The number of benzene rings is 1. The second-order valence-corrected chi connectivity index (χ2v) is 4.56. The summed E-state index contributed by atoms with van der Waals surface area (Å²) in [6.07, 6.45) is -2.79. The first kappa shape index (κ1) is 12.5. The SMILES string of the molecule is N#CC(O)C(O)c1cc(Br)c(O)c(Br)c1. The van der Waals surface area contributed by atoms with E-state index in [1.54, 1.807) is 0 Å². The fourth-order valence-electron chi connectivity index (χ4n) is 1.01. The average molecular weight is 337 g/mol. The van der Waals surface area contributed by atoms with E-state index in [9.17, 15) is 10.2 Å². The van der Waals surface area contributed by atoms with Crippen LogP contribution in [0.2, 0.25) is 0 Å². The van der Waals surface area contributed by atoms with Gasteiger partial charge in [0.1, 0.15) is 11.9 Å². The molecular formula is C9H7Br2NO3. The molecule has 0 amide bonds. The Labute approximate surface area is 103 Å². The summed E-state index contributed by atoms with van der Waals surface area (Å²) in [5, 5.41) is 36.5. The van der Waals surface area contributed by atoms with Crippen LogP contribution in [0, 0.1) is 11.3 Å². The number of phenolic OH excluding ortho intramolecular Hbond substituents is 1. The first-order chi connectivity index (χ1) is 6.97. The first-order valence-corrected chi connectivity index (χ1v) is 5.49. The standard InChI is InChI=1S/C9H7Br2NO3/c10-5-1-4(2-6(11)9(5)15)8(14)7(13)3-12/h1-2,7-8,13-15H. The number of aliphatic hydroxyl groups excluding tert-OH is 2. The van der Waals surface area contributed by atoms with Crippen molar-refractivity contribution in [3.63, 3.8) is 0 Å². The molecule has 2 unspecified atom stereocenters. The zero-order chi connectivity index (χ0) is 11.6. The second kappa shape index (κ2) is 4.94. The summed E-state index contributed by atoms with van der Waals surface area (Å²) in [6, 6.07) is 4.40. The molecule has 80 valence electrons. The van der Waals surface area contributed by atoms with Gasteiger partial charge >= 0.3 is 0 Å². The molecule has 0 fully saturated rings. The van der Waals surface area contributed by atoms with Crippen molar-refractivity contribution in [1.82, 2.24) is 0 Å². The van der Waals surface area contributed by atoms with Crippen molar-refractivity contribution in [1.29, 1.82) is 5.26 Å². The van der Waals surface area contributed by atoms with E-state index < -0.39 is 12.2 Å². The highest BCUT2D eigenvalue weighted by Crippen LogP contribution is 2.35. The number of hydrogen-bond donors (Lipinski definition) is 3. The molecule has 6 heteroatoms. The third kappa shape index (κ3) is 2.69. The fourth-order valence-corrected chi connectivity index (χ4v) is 2.23. The summed E-state index contributed by atoms with van der Waals surface area (Å²) < 4.78 is 0.743. The summed E-state index contributed by atoms with van der Waals surface area (Å²) in [7, 11) is 0. The highest BCUT2D eigenvalue weighted by atomic mass is 79.9. The summed E-state index contributed by atoms with van der Waals surface area (Å²) in [4.78, 5) is 0. The van der Waals surface area contributed by atoms with Gasteiger partial charge in [-0.1, -0.05) is 0 Å². The normalized spacial score (nSPS) is 14.3. The molecule has 0 saturated heterocycles. The predicted octanol–water partition coefficient (Wildman–Crippen LogP) is 1.84. The second-order valence-electron chi connectivity index (χ2n) is 2.85. The van der Waals surface area contributed by atoms with Gasteiger partial charge in [-0.3, -0.25) is 0 Å². The van der Waals surface area contributed by atoms with Crippen LogP contribution in [0.3, 0.4) is 0 Å². The predicted molar refractivity (Wildman–Crippen MR) is 60.1 cm³/mol. The van der Waals surface area contributed by atoms with E-state index in [1.807, 2.05) is 0 Å². The molecule has 0 saturated carbocycles. The van der Waals surface area contributed by atoms with Gasteiger partial charge in [0, 0.05) is 0 Å². The topological polar surface area (TPSA) is 84.5 Å². The number of nitrogens with zero attached hydrogens (tertiary/aromatic N) is 1. The third-order valence-corrected chi connectivity index (χ3v) is 3.02. The lowest BCUT2D eigenvalue weighted by Gasteiger charge is -2.13. The molecule has 2 atom stereocenters. The van der Waals surface area contributed by atoms with E-state index >= 15 is 0 Å². The van der Waals surface area contributed by atoms with Gasteiger partial charge in [0.15, 0.2) is 6.10 Å². The van der Waals surface area contributed by atoms with Crippen LogP contribution in [0.25, 0.3) is 0 Å². The summed E-state index contributed by atoms with van der Waals surface area (Å²) in [5.41, 5.74) is 0.334. The Hall–Kier alpha value is -0.610. The van der Waals surface area contributed by atoms with Crippen LogP contribution < -0.4 is 0 Å². The maximum absolute atomic E-state index is 9.53. The minimum atomic E-state index is -1.49. The summed E-state index contributed by atoms with van der Waals surface area (Å²) in [5.74, 6) is -0.00241. The van der Waals surface area contributed by atoms with Gasteiger partial charge in [0.2, 0.25) is 0 Å². The van der Waals surface area contributed by atoms with Gasteiger partial charge in [0.05, 0.1) is 15.0 Å². The number of halogens is 2. The van der Waals surface area contributed by atoms with E-state index in [0.717, 1.165) is 0 Å². The van der Waals surface area contributed by atoms with Crippen LogP contribution in [-0.2, 0) is 0 Å². The Morgan fingerprint density at radius 1 is 1.20 bits per heavy atom. The molecule has 1 aromatic carbocycles. The van der Waals surface area contributed by atoms with Crippen LogP contribution in [0.1, 0.15) is 11.7 Å². The smallest absolute Gasteiger partial charge is 0.170 e. The molecule has 15 heavy (non-hydrogen) atoms. The van der Waals surface area contributed by atoms with Crippen molar-refractivity contribution in [2.75, 3.05) is 0 Å². The van der Waals surface area contributed by atoms with Crippen molar-refractivity contribution >= 4 is 31.9 Å². The molecule has 3 N–H and O–H groups in total. The number of aromatic hydroxyl groups is 1. The van der Waals surface area contributed by atoms with Gasteiger partial charge in [-0.05, 0) is 49.6 Å². The minimum Gasteiger partial charge on any atom is -0.506 e. The van der Waals surface area contributed by atoms with E-state index in [1.165, 1.54) is 18.2 Å². The van der Waals surface area contributed by atoms with Crippen LogP contribution >= 0.6 is 31.9 Å². The van der Waals surface area contributed by atoms with E-state index in [4.69, 9.17) is 10.4 Å². The molecule has 0 aliphatic rings. The Bertz CT molecular complexity index is 393. The zero-order valence-electron chi connectivity index (χ0n) is 7.35. The number of nitriles is 1. The first-order valence-electron chi connectivity index (χ1n) is 3.91. The molecule has 0 heterocycles. The number of phenols is 1. The average Bonchev–Trinajstić information content (AvgIpc) is 2.23. The van der Waals surface area contributed by atoms with Gasteiger partial charge < -0.3 is 15.3 Å². The quantitative estimate of drug-likeness (QED) is 0.719. The molecule has 0 bridgehead atoms. The molecule has 0 radical (unpaired) electrons. The van der Waals surface area contributed by atoms with Crippen molar-refractivity contribution < 1.29 is 15.3 Å². The van der Waals surface area contributed by atoms with Crippen LogP contribution in [-0.4, -0.2) is 21.4 Å². The Morgan fingerprint density at radius 3 is 2.07 bits per heavy atom. The van der Waals surface area contributed by atoms with E-state index in [-0.39, 0.29) is 5.75 Å². The Kier molecular flexibility index (Phi) is 4.11. The molecule has 0 spiro atoms. The number of rotatable bonds is 2. The summed E-state index contributed by atoms with van der Waals surface area (Å²) in [6.45, 7) is 0. The molecule has 4 nitrogen and oxygen atoms in total. The Balaban J connectivity index is 3.12. The number of aliphatic hydroxyl groups is 2. The highest BCUT2D eigenvalue weighted by molar-refractivity contribution is 9.11. The lowest BCUT2D eigenvalue weighted by atomic mass is 10.1. The zero-order valence-corrected chi connectivity index (χ0v) is 10.5. The van der Waals surface area contributed by atoms with Crippen molar-refractivity contribution in [3.8, 4) is 11.8 Å². The molecule has 1 rings (SSSR count). The molecule has 0 aliphatic heterocycles. The number of hydrogen-bond acceptors (Lipinski definition) is 4. The Morgan fingerprint density at radius 2 is 1.67 bits per heavy atom. The van der Waals surface area contributed by atoms with E-state index in [2.05, 4.69) is 31.9 Å². The van der Waals surface area contributed by atoms with Crippen LogP contribution in [0.5, 0.6) is 5.75 Å². The van der Waals surface area contributed by atoms with Gasteiger partial charge in [0.25, 0.3) is 0 Å². The van der Waals surface area contributed by atoms with Crippen LogP contribution in [0.15, 0.2) is 21.1 Å². The van der Waals surface area contributed by atoms with E-state index in [0.29, 0.717) is 14.5 Å². The minimum absolute atomic E-state index is 0.00241. The maximum Gasteiger partial charge on any atom is 0.170 e. The van der Waals surface area contributed by atoms with Crippen molar-refractivity contribution in [3.05, 3.63) is 26.6 Å². The highest BCUT2D eigenvalue weighted by Gasteiger charge is 2.19. The molecular weight excluding hydrogens is 330 g/mol. The van der Waals surface area contributed by atoms with Gasteiger partial charge in [-0.2, -0.15) is 5.26 Å². The van der Waals surface area contributed by atoms with Gasteiger partial charge in [-0.15, -0.1) is 0 Å². The summed E-state index contributed by atoms with van der Waals surface area (Å²) >= 11 is 6.16. The monoisotopic (exact) mass is 335 g/mol. The van der Waals surface area contributed by atoms with Crippen molar-refractivity contribution in [2.24, 2.45) is 0 Å². The van der Waals surface area contributed by atoms with Crippen molar-refractivity contribution in [2.45, 2.75) is 12.2 Å². The largest absolute Gasteiger partial charge is 0.506 e. The molecule has 0 aliphatic carbocycles. The fraction of sp³-hybridized carbons (Fsp3) is 0.222. The third-order valence-electron chi connectivity index (χ3n) is 1.81. The molecule has 1 aromatic rings. The van der Waals surface area contributed by atoms with Gasteiger partial charge in [-0.25, -0.2) is 0 Å². The lowest BCUT2D eigenvalue weighted by Crippen LogP contribution is -2.15. The molecule has 0 aromatic heterocycles.